The van der Waals surface area contributed by atoms with Crippen LogP contribution in [0.25, 0.3) is 6.08 Å². The summed E-state index contributed by atoms with van der Waals surface area (Å²) >= 11 is 0. The SMILES string of the molecule is CCOc1ccc(/C=C2\Oc3cc(OC(=O)CCc4cc(OC)no4)cc(C)c3C2=O)cc1. The Morgan fingerprint density at radius 3 is 2.61 bits per heavy atom. The summed E-state index contributed by atoms with van der Waals surface area (Å²) in [5, 5.41) is 3.69. The van der Waals surface area contributed by atoms with Crippen molar-refractivity contribution in [2.45, 2.75) is 26.7 Å². The predicted octanol–water partition coefficient (Wildman–Crippen LogP) is 4.54. The first-order valence-electron chi connectivity index (χ1n) is 10.5. The molecule has 0 amide bonds. The lowest BCUT2D eigenvalue weighted by Gasteiger charge is -2.07. The lowest BCUT2D eigenvalue weighted by Crippen LogP contribution is -2.09. The Bertz CT molecular complexity index is 1210. The fraction of sp³-hybridized carbons (Fsp3) is 0.240. The molecule has 0 saturated carbocycles. The quantitative estimate of drug-likeness (QED) is 0.281. The highest BCUT2D eigenvalue weighted by Gasteiger charge is 2.30. The normalized spacial score (nSPS) is 13.5. The first-order valence-corrected chi connectivity index (χ1v) is 10.5. The molecule has 0 N–H and O–H groups in total. The molecule has 0 unspecified atom stereocenters. The van der Waals surface area contributed by atoms with Gasteiger partial charge >= 0.3 is 5.97 Å². The molecular formula is C25H23NO7. The molecule has 0 aliphatic carbocycles. The van der Waals surface area contributed by atoms with Crippen LogP contribution in [0.15, 0.2) is 52.7 Å². The van der Waals surface area contributed by atoms with Crippen LogP contribution in [0.4, 0.5) is 0 Å². The highest BCUT2D eigenvalue weighted by atomic mass is 16.5. The largest absolute Gasteiger partial charge is 0.494 e. The van der Waals surface area contributed by atoms with Crippen molar-refractivity contribution < 1.29 is 33.1 Å². The van der Waals surface area contributed by atoms with E-state index in [-0.39, 0.29) is 18.0 Å². The number of carbonyl (C=O) groups is 2. The Hall–Kier alpha value is -4.07. The molecule has 33 heavy (non-hydrogen) atoms. The van der Waals surface area contributed by atoms with Crippen molar-refractivity contribution in [3.05, 3.63) is 70.7 Å². The topological polar surface area (TPSA) is 97.1 Å². The Morgan fingerprint density at radius 2 is 1.91 bits per heavy atom. The number of hydrogen-bond acceptors (Lipinski definition) is 8. The van der Waals surface area contributed by atoms with Gasteiger partial charge in [0.2, 0.25) is 5.78 Å². The third-order valence-corrected chi connectivity index (χ3v) is 4.99. The molecule has 3 aromatic rings. The van der Waals surface area contributed by atoms with Gasteiger partial charge in [0.15, 0.2) is 5.76 Å². The van der Waals surface area contributed by atoms with E-state index in [1.54, 1.807) is 31.2 Å². The third kappa shape index (κ3) is 5.06. The predicted molar refractivity (Wildman–Crippen MR) is 119 cm³/mol. The summed E-state index contributed by atoms with van der Waals surface area (Å²) in [5.41, 5.74) is 1.93. The fourth-order valence-corrected chi connectivity index (χ4v) is 3.43. The Balaban J connectivity index is 1.44. The van der Waals surface area contributed by atoms with Gasteiger partial charge < -0.3 is 23.5 Å². The minimum Gasteiger partial charge on any atom is -0.494 e. The fourth-order valence-electron chi connectivity index (χ4n) is 3.43. The van der Waals surface area contributed by atoms with Crippen LogP contribution in [0.5, 0.6) is 23.1 Å². The van der Waals surface area contributed by atoms with Gasteiger partial charge in [0.1, 0.15) is 23.0 Å². The zero-order valence-electron chi connectivity index (χ0n) is 18.5. The van der Waals surface area contributed by atoms with E-state index in [0.29, 0.717) is 47.3 Å². The molecule has 0 radical (unpaired) electrons. The van der Waals surface area contributed by atoms with Crippen molar-refractivity contribution in [3.8, 4) is 23.1 Å². The van der Waals surface area contributed by atoms with Gasteiger partial charge in [0, 0.05) is 18.6 Å². The van der Waals surface area contributed by atoms with Crippen molar-refractivity contribution in [3.63, 3.8) is 0 Å². The number of ether oxygens (including phenoxy) is 4. The summed E-state index contributed by atoms with van der Waals surface area (Å²) in [6.07, 6.45) is 2.09. The van der Waals surface area contributed by atoms with Gasteiger partial charge in [-0.15, -0.1) is 0 Å². The molecule has 170 valence electrons. The second-order valence-corrected chi connectivity index (χ2v) is 7.36. The summed E-state index contributed by atoms with van der Waals surface area (Å²) in [4.78, 5) is 25.1. The number of aryl methyl sites for hydroxylation is 2. The highest BCUT2D eigenvalue weighted by molar-refractivity contribution is 6.15. The molecule has 2 aromatic carbocycles. The Kier molecular flexibility index (Phi) is 6.44. The van der Waals surface area contributed by atoms with E-state index >= 15 is 0 Å². The number of carbonyl (C=O) groups excluding carboxylic acids is 2. The van der Waals surface area contributed by atoms with E-state index in [2.05, 4.69) is 5.16 Å². The van der Waals surface area contributed by atoms with Gasteiger partial charge in [-0.05, 0) is 54.4 Å². The summed E-state index contributed by atoms with van der Waals surface area (Å²) in [5.74, 6) is 1.84. The third-order valence-electron chi connectivity index (χ3n) is 4.99. The summed E-state index contributed by atoms with van der Waals surface area (Å²) < 4.78 is 26.7. The lowest BCUT2D eigenvalue weighted by molar-refractivity contribution is -0.134. The molecule has 4 rings (SSSR count). The second kappa shape index (κ2) is 9.60. The zero-order valence-corrected chi connectivity index (χ0v) is 18.5. The number of fused-ring (bicyclic) bond motifs is 1. The smallest absolute Gasteiger partial charge is 0.311 e. The van der Waals surface area contributed by atoms with E-state index in [1.807, 2.05) is 31.2 Å². The molecular weight excluding hydrogens is 426 g/mol. The maximum absolute atomic E-state index is 12.9. The van der Waals surface area contributed by atoms with Crippen LogP contribution in [0.1, 0.15) is 40.6 Å². The van der Waals surface area contributed by atoms with Gasteiger partial charge in [0.05, 0.1) is 25.7 Å². The average molecular weight is 449 g/mol. The number of nitrogens with zero attached hydrogens (tertiary/aromatic N) is 1. The number of ketones is 1. The van der Waals surface area contributed by atoms with Gasteiger partial charge in [0.25, 0.3) is 5.88 Å². The summed E-state index contributed by atoms with van der Waals surface area (Å²) in [6.45, 7) is 4.27. The molecule has 0 saturated heterocycles. The van der Waals surface area contributed by atoms with Crippen LogP contribution < -0.4 is 18.9 Å². The maximum atomic E-state index is 12.9. The molecule has 8 heteroatoms. The molecule has 0 fully saturated rings. The number of hydrogen-bond donors (Lipinski definition) is 0. The molecule has 8 nitrogen and oxygen atoms in total. The monoisotopic (exact) mass is 449 g/mol. The minimum atomic E-state index is -0.445. The standard InChI is InChI=1S/C25H23NO7/c1-4-30-17-7-5-16(6-8-17)12-21-25(28)24-15(2)11-19(13-20(24)32-21)31-23(27)10-9-18-14-22(29-3)26-33-18/h5-8,11-14H,4,9-10H2,1-3H3/b21-12-. The first kappa shape index (κ1) is 22.1. The van der Waals surface area contributed by atoms with E-state index in [1.165, 1.54) is 7.11 Å². The number of benzene rings is 2. The number of Topliss-reactive ketones (excluding diaryl/α,β-unsaturated/α-hetero) is 1. The number of rotatable bonds is 8. The first-order chi connectivity index (χ1) is 16.0. The van der Waals surface area contributed by atoms with Crippen LogP contribution >= 0.6 is 0 Å². The summed E-state index contributed by atoms with van der Waals surface area (Å²) in [6, 6.07) is 12.2. The van der Waals surface area contributed by atoms with Crippen molar-refractivity contribution >= 4 is 17.8 Å². The molecule has 1 aliphatic rings. The van der Waals surface area contributed by atoms with E-state index in [0.717, 1.165) is 11.3 Å². The molecule has 0 spiro atoms. The summed E-state index contributed by atoms with van der Waals surface area (Å²) in [7, 11) is 1.48. The van der Waals surface area contributed by atoms with Crippen molar-refractivity contribution in [2.24, 2.45) is 0 Å². The number of methoxy groups -OCH3 is 1. The van der Waals surface area contributed by atoms with Crippen LogP contribution in [-0.4, -0.2) is 30.6 Å². The van der Waals surface area contributed by atoms with Crippen LogP contribution in [-0.2, 0) is 11.2 Å². The Morgan fingerprint density at radius 1 is 1.12 bits per heavy atom. The van der Waals surface area contributed by atoms with Crippen molar-refractivity contribution in [2.75, 3.05) is 13.7 Å². The number of aromatic nitrogens is 1. The lowest BCUT2D eigenvalue weighted by atomic mass is 10.0. The van der Waals surface area contributed by atoms with Crippen molar-refractivity contribution in [1.82, 2.24) is 5.16 Å². The van der Waals surface area contributed by atoms with Crippen LogP contribution in [0.2, 0.25) is 0 Å². The number of allylic oxidation sites excluding steroid dienone is 1. The molecule has 2 heterocycles. The maximum Gasteiger partial charge on any atom is 0.311 e. The molecule has 0 bridgehead atoms. The second-order valence-electron chi connectivity index (χ2n) is 7.36. The van der Waals surface area contributed by atoms with Crippen LogP contribution in [0.3, 0.4) is 0 Å². The Labute approximate surface area is 190 Å². The average Bonchev–Trinajstić information content (AvgIpc) is 3.38. The van der Waals surface area contributed by atoms with E-state index in [4.69, 9.17) is 23.5 Å². The highest BCUT2D eigenvalue weighted by Crippen LogP contribution is 2.37. The number of esters is 1. The van der Waals surface area contributed by atoms with Crippen molar-refractivity contribution in [1.29, 1.82) is 0 Å². The molecule has 1 aliphatic heterocycles. The van der Waals surface area contributed by atoms with Gasteiger partial charge in [-0.25, -0.2) is 0 Å². The van der Waals surface area contributed by atoms with Gasteiger partial charge in [-0.3, -0.25) is 9.59 Å². The van der Waals surface area contributed by atoms with E-state index < -0.39 is 5.97 Å². The van der Waals surface area contributed by atoms with Gasteiger partial charge in [-0.2, -0.15) is 0 Å². The minimum absolute atomic E-state index is 0.0944. The molecule has 0 atom stereocenters. The molecule has 1 aromatic heterocycles. The van der Waals surface area contributed by atoms with E-state index in [9.17, 15) is 9.59 Å². The van der Waals surface area contributed by atoms with Gasteiger partial charge in [-0.1, -0.05) is 12.1 Å². The zero-order chi connectivity index (χ0) is 23.4. The van der Waals surface area contributed by atoms with Crippen LogP contribution in [0, 0.1) is 6.92 Å².